The van der Waals surface area contributed by atoms with Gasteiger partial charge in [-0.15, -0.1) is 24.0 Å². The van der Waals surface area contributed by atoms with Crippen LogP contribution in [0.2, 0.25) is 0 Å². The van der Waals surface area contributed by atoms with Crippen LogP contribution in [-0.2, 0) is 9.53 Å². The highest BCUT2D eigenvalue weighted by molar-refractivity contribution is 14.0. The third kappa shape index (κ3) is 7.41. The second-order valence-electron chi connectivity index (χ2n) is 7.54. The number of benzene rings is 1. The van der Waals surface area contributed by atoms with E-state index in [1.165, 1.54) is 0 Å². The summed E-state index contributed by atoms with van der Waals surface area (Å²) in [6.45, 7) is 4.54. The van der Waals surface area contributed by atoms with E-state index in [1.54, 1.807) is 21.3 Å². The number of carbonyl (C=O) groups is 1. The number of hydrogen-bond acceptors (Lipinski definition) is 6. The summed E-state index contributed by atoms with van der Waals surface area (Å²) in [5, 5.41) is 3.50. The zero-order valence-corrected chi connectivity index (χ0v) is 21.8. The molecule has 0 aromatic heterocycles. The molecule has 2 rings (SSSR count). The summed E-state index contributed by atoms with van der Waals surface area (Å²) in [4.78, 5) is 20.8. The minimum Gasteiger partial charge on any atom is -0.493 e. The molecule has 1 unspecified atom stereocenters. The first-order valence-corrected chi connectivity index (χ1v) is 10.5. The predicted molar refractivity (Wildman–Crippen MR) is 134 cm³/mol. The molecule has 1 N–H and O–H groups in total. The van der Waals surface area contributed by atoms with Gasteiger partial charge < -0.3 is 29.3 Å². The second kappa shape index (κ2) is 13.6. The van der Waals surface area contributed by atoms with Crippen LogP contribution < -0.4 is 14.8 Å². The molecule has 0 radical (unpaired) electrons. The van der Waals surface area contributed by atoms with Crippen molar-refractivity contribution in [1.29, 1.82) is 0 Å². The number of esters is 1. The van der Waals surface area contributed by atoms with Crippen LogP contribution >= 0.6 is 24.0 Å². The Labute approximate surface area is 203 Å². The Morgan fingerprint density at radius 1 is 1.23 bits per heavy atom. The number of likely N-dealkylation sites (N-methyl/N-ethyl adjacent to an activating group) is 1. The van der Waals surface area contributed by atoms with Crippen LogP contribution in [-0.4, -0.2) is 83.3 Å². The number of piperidine rings is 1. The molecule has 0 spiro atoms. The van der Waals surface area contributed by atoms with E-state index in [9.17, 15) is 4.79 Å². The minimum absolute atomic E-state index is 0. The summed E-state index contributed by atoms with van der Waals surface area (Å²) in [5.41, 5.74) is 1.13. The lowest BCUT2D eigenvalue weighted by molar-refractivity contribution is -0.149. The summed E-state index contributed by atoms with van der Waals surface area (Å²) in [6.07, 6.45) is 1.57. The zero-order valence-electron chi connectivity index (χ0n) is 19.5. The average Bonchev–Trinajstić information content (AvgIpc) is 2.76. The van der Waals surface area contributed by atoms with E-state index in [-0.39, 0.29) is 41.9 Å². The fourth-order valence-electron chi connectivity index (χ4n) is 3.77. The Balaban J connectivity index is 0.00000480. The molecule has 1 atom stereocenters. The molecular formula is C22H37IN4O4. The monoisotopic (exact) mass is 548 g/mol. The van der Waals surface area contributed by atoms with E-state index in [0.29, 0.717) is 24.7 Å². The van der Waals surface area contributed by atoms with Gasteiger partial charge >= 0.3 is 5.97 Å². The van der Waals surface area contributed by atoms with Gasteiger partial charge in [0.15, 0.2) is 17.5 Å². The Morgan fingerprint density at radius 2 is 1.87 bits per heavy atom. The highest BCUT2D eigenvalue weighted by Crippen LogP contribution is 2.31. The van der Waals surface area contributed by atoms with Crippen molar-refractivity contribution in [3.63, 3.8) is 0 Å². The standard InChI is InChI=1S/C22H36N4O4.HI/c1-7-30-21(27)16-10-12-26(13-11-16)22(23-2)24-15-18(25(3)4)17-8-9-19(28-5)20(14-17)29-6;/h8-9,14,16,18H,7,10-13,15H2,1-6H3,(H,23,24);1H. The molecule has 176 valence electrons. The van der Waals surface area contributed by atoms with E-state index in [4.69, 9.17) is 14.2 Å². The number of aliphatic imine (C=N–C) groups is 1. The van der Waals surface area contributed by atoms with Crippen molar-refractivity contribution < 1.29 is 19.0 Å². The maximum absolute atomic E-state index is 12.0. The van der Waals surface area contributed by atoms with Crippen LogP contribution in [0.5, 0.6) is 11.5 Å². The molecule has 31 heavy (non-hydrogen) atoms. The molecule has 0 amide bonds. The SMILES string of the molecule is CCOC(=O)C1CCN(C(=NC)NCC(c2ccc(OC)c(OC)c2)N(C)C)CC1.I. The van der Waals surface area contributed by atoms with Gasteiger partial charge in [-0.3, -0.25) is 9.79 Å². The number of nitrogens with zero attached hydrogens (tertiary/aromatic N) is 3. The Hall–Kier alpha value is -1.75. The number of nitrogens with one attached hydrogen (secondary N) is 1. The highest BCUT2D eigenvalue weighted by Gasteiger charge is 2.27. The quantitative estimate of drug-likeness (QED) is 0.232. The lowest BCUT2D eigenvalue weighted by atomic mass is 9.97. The van der Waals surface area contributed by atoms with Crippen LogP contribution in [0.1, 0.15) is 31.4 Å². The van der Waals surface area contributed by atoms with Crippen molar-refractivity contribution in [2.75, 3.05) is 61.6 Å². The Bertz CT molecular complexity index is 721. The number of methoxy groups -OCH3 is 2. The molecule has 1 fully saturated rings. The average molecular weight is 548 g/mol. The first-order chi connectivity index (χ1) is 14.4. The number of halogens is 1. The van der Waals surface area contributed by atoms with Gasteiger partial charge in [-0.05, 0) is 51.6 Å². The van der Waals surface area contributed by atoms with Gasteiger partial charge in [0.05, 0.1) is 32.8 Å². The normalized spacial score (nSPS) is 15.8. The highest BCUT2D eigenvalue weighted by atomic mass is 127. The van der Waals surface area contributed by atoms with Gasteiger partial charge in [-0.25, -0.2) is 0 Å². The third-order valence-corrected chi connectivity index (χ3v) is 5.50. The van der Waals surface area contributed by atoms with Crippen molar-refractivity contribution in [3.05, 3.63) is 23.8 Å². The Kier molecular flexibility index (Phi) is 12.0. The summed E-state index contributed by atoms with van der Waals surface area (Å²) in [5.74, 6) is 2.19. The molecular weight excluding hydrogens is 511 g/mol. The molecule has 1 aliphatic heterocycles. The van der Waals surface area contributed by atoms with E-state index < -0.39 is 0 Å². The lowest BCUT2D eigenvalue weighted by Gasteiger charge is -2.34. The number of likely N-dealkylation sites (tertiary alicyclic amines) is 1. The molecule has 1 saturated heterocycles. The molecule has 0 aliphatic carbocycles. The third-order valence-electron chi connectivity index (χ3n) is 5.50. The maximum Gasteiger partial charge on any atom is 0.309 e. The van der Waals surface area contributed by atoms with Crippen LogP contribution in [0.3, 0.4) is 0 Å². The largest absolute Gasteiger partial charge is 0.493 e. The van der Waals surface area contributed by atoms with Gasteiger partial charge in [0, 0.05) is 26.7 Å². The van der Waals surface area contributed by atoms with Crippen LogP contribution in [0.25, 0.3) is 0 Å². The fraction of sp³-hybridized carbons (Fsp3) is 0.636. The number of hydrogen-bond donors (Lipinski definition) is 1. The summed E-state index contributed by atoms with van der Waals surface area (Å²) in [6, 6.07) is 6.12. The van der Waals surface area contributed by atoms with E-state index >= 15 is 0 Å². The maximum atomic E-state index is 12.0. The topological polar surface area (TPSA) is 75.6 Å². The van der Waals surface area contributed by atoms with Gasteiger partial charge in [0.25, 0.3) is 0 Å². The van der Waals surface area contributed by atoms with Crippen molar-refractivity contribution in [1.82, 2.24) is 15.1 Å². The molecule has 0 saturated carbocycles. The molecule has 9 heteroatoms. The van der Waals surface area contributed by atoms with Gasteiger partial charge in [-0.1, -0.05) is 6.07 Å². The predicted octanol–water partition coefficient (Wildman–Crippen LogP) is 2.78. The smallest absolute Gasteiger partial charge is 0.309 e. The Morgan fingerprint density at radius 3 is 2.39 bits per heavy atom. The number of ether oxygens (including phenoxy) is 3. The van der Waals surface area contributed by atoms with E-state index in [0.717, 1.165) is 37.5 Å². The van der Waals surface area contributed by atoms with E-state index in [2.05, 4.69) is 40.3 Å². The lowest BCUT2D eigenvalue weighted by Crippen LogP contribution is -2.48. The van der Waals surface area contributed by atoms with Crippen molar-refractivity contribution in [3.8, 4) is 11.5 Å². The zero-order chi connectivity index (χ0) is 22.1. The van der Waals surface area contributed by atoms with Gasteiger partial charge in [0.2, 0.25) is 0 Å². The van der Waals surface area contributed by atoms with Crippen LogP contribution in [0.4, 0.5) is 0 Å². The molecule has 8 nitrogen and oxygen atoms in total. The first-order valence-electron chi connectivity index (χ1n) is 10.5. The van der Waals surface area contributed by atoms with Crippen molar-refractivity contribution in [2.24, 2.45) is 10.9 Å². The molecule has 1 aliphatic rings. The van der Waals surface area contributed by atoms with Gasteiger partial charge in [-0.2, -0.15) is 0 Å². The summed E-state index contributed by atoms with van der Waals surface area (Å²) in [7, 11) is 9.18. The van der Waals surface area contributed by atoms with Crippen LogP contribution in [0, 0.1) is 5.92 Å². The summed E-state index contributed by atoms with van der Waals surface area (Å²) >= 11 is 0. The number of guanidine groups is 1. The van der Waals surface area contributed by atoms with Crippen molar-refractivity contribution >= 4 is 35.9 Å². The number of rotatable bonds is 8. The van der Waals surface area contributed by atoms with E-state index in [1.807, 2.05) is 19.1 Å². The molecule has 1 aromatic rings. The molecule has 1 heterocycles. The molecule has 0 bridgehead atoms. The molecule has 1 aromatic carbocycles. The first kappa shape index (κ1) is 27.3. The van der Waals surface area contributed by atoms with Crippen LogP contribution in [0.15, 0.2) is 23.2 Å². The van der Waals surface area contributed by atoms with Gasteiger partial charge in [0.1, 0.15) is 0 Å². The number of carbonyl (C=O) groups excluding carboxylic acids is 1. The minimum atomic E-state index is -0.0822. The van der Waals surface area contributed by atoms with Crippen molar-refractivity contribution in [2.45, 2.75) is 25.8 Å². The summed E-state index contributed by atoms with van der Waals surface area (Å²) < 4.78 is 16.0. The fourth-order valence-corrected chi connectivity index (χ4v) is 3.77. The second-order valence-corrected chi connectivity index (χ2v) is 7.54.